The summed E-state index contributed by atoms with van der Waals surface area (Å²) < 4.78 is 13.6. The van der Waals surface area contributed by atoms with Crippen molar-refractivity contribution in [2.45, 2.75) is 45.1 Å². The fraction of sp³-hybridized carbons (Fsp3) is 0.562. The Hall–Kier alpha value is -1.62. The Bertz CT molecular complexity index is 492. The molecule has 0 aliphatic carbocycles. The van der Waals surface area contributed by atoms with Gasteiger partial charge < -0.3 is 11.1 Å². The van der Waals surface area contributed by atoms with Crippen LogP contribution >= 0.6 is 0 Å². The lowest BCUT2D eigenvalue weighted by Gasteiger charge is -2.35. The van der Waals surface area contributed by atoms with Gasteiger partial charge in [0.25, 0.3) is 0 Å². The van der Waals surface area contributed by atoms with Gasteiger partial charge in [-0.3, -0.25) is 9.69 Å². The van der Waals surface area contributed by atoms with E-state index in [1.807, 2.05) is 0 Å². The molecule has 0 spiro atoms. The highest BCUT2D eigenvalue weighted by Gasteiger charge is 2.21. The van der Waals surface area contributed by atoms with Gasteiger partial charge in [-0.25, -0.2) is 4.39 Å². The Morgan fingerprint density at radius 3 is 3.05 bits per heavy atom. The molecule has 0 radical (unpaired) electrons. The molecule has 1 aromatic rings. The summed E-state index contributed by atoms with van der Waals surface area (Å²) >= 11 is 0. The second-order valence-electron chi connectivity index (χ2n) is 5.63. The highest BCUT2D eigenvalue weighted by atomic mass is 19.1. The third-order valence-electron chi connectivity index (χ3n) is 4.11. The summed E-state index contributed by atoms with van der Waals surface area (Å²) in [5.41, 5.74) is 6.20. The summed E-state index contributed by atoms with van der Waals surface area (Å²) in [6.07, 6.45) is 5.18. The van der Waals surface area contributed by atoms with Gasteiger partial charge in [0.2, 0.25) is 5.91 Å². The van der Waals surface area contributed by atoms with E-state index in [9.17, 15) is 9.18 Å². The van der Waals surface area contributed by atoms with E-state index in [0.717, 1.165) is 19.5 Å². The lowest BCUT2D eigenvalue weighted by Crippen LogP contribution is -2.40. The number of carbonyl (C=O) groups excluding carboxylic acids is 1. The average Bonchev–Trinajstić information content (AvgIpc) is 2.49. The molecule has 5 heteroatoms. The fourth-order valence-corrected chi connectivity index (χ4v) is 2.91. The van der Waals surface area contributed by atoms with Gasteiger partial charge in [-0.2, -0.15) is 0 Å². The fourth-order valence-electron chi connectivity index (χ4n) is 2.91. The zero-order valence-electron chi connectivity index (χ0n) is 12.6. The molecule has 1 fully saturated rings. The number of halogens is 1. The van der Waals surface area contributed by atoms with Crippen molar-refractivity contribution in [1.29, 1.82) is 0 Å². The normalized spacial score (nSPS) is 19.4. The SMILES string of the molecule is CCC1CCCCN1CCC(=O)Nc1cc(N)ccc1F. The minimum absolute atomic E-state index is 0.158. The van der Waals surface area contributed by atoms with E-state index in [4.69, 9.17) is 5.73 Å². The summed E-state index contributed by atoms with van der Waals surface area (Å²) in [6.45, 7) is 3.97. The van der Waals surface area contributed by atoms with Crippen molar-refractivity contribution < 1.29 is 9.18 Å². The molecule has 0 saturated carbocycles. The van der Waals surface area contributed by atoms with Crippen LogP contribution in [0.5, 0.6) is 0 Å². The summed E-state index contributed by atoms with van der Waals surface area (Å²) in [5, 5.41) is 2.60. The number of hydrogen-bond acceptors (Lipinski definition) is 3. The number of rotatable bonds is 5. The van der Waals surface area contributed by atoms with Gasteiger partial charge >= 0.3 is 0 Å². The van der Waals surface area contributed by atoms with Gasteiger partial charge in [0.1, 0.15) is 5.82 Å². The molecule has 21 heavy (non-hydrogen) atoms. The summed E-state index contributed by atoms with van der Waals surface area (Å²) in [5.74, 6) is -0.623. The van der Waals surface area contributed by atoms with Gasteiger partial charge in [0, 0.05) is 24.7 Å². The Morgan fingerprint density at radius 1 is 1.48 bits per heavy atom. The topological polar surface area (TPSA) is 58.4 Å². The summed E-state index contributed by atoms with van der Waals surface area (Å²) in [7, 11) is 0. The van der Waals surface area contributed by atoms with Gasteiger partial charge in [-0.05, 0) is 44.0 Å². The zero-order valence-corrected chi connectivity index (χ0v) is 12.6. The van der Waals surface area contributed by atoms with E-state index in [0.29, 0.717) is 18.2 Å². The van der Waals surface area contributed by atoms with Gasteiger partial charge in [0.05, 0.1) is 5.69 Å². The second-order valence-corrected chi connectivity index (χ2v) is 5.63. The van der Waals surface area contributed by atoms with Crippen LogP contribution in [0.1, 0.15) is 39.0 Å². The maximum absolute atomic E-state index is 13.6. The molecule has 2 rings (SSSR count). The minimum Gasteiger partial charge on any atom is -0.399 e. The van der Waals surface area contributed by atoms with Crippen molar-refractivity contribution in [3.05, 3.63) is 24.0 Å². The Kier molecular flexibility index (Phi) is 5.56. The van der Waals surface area contributed by atoms with Crippen LogP contribution in [0.25, 0.3) is 0 Å². The maximum atomic E-state index is 13.6. The van der Waals surface area contributed by atoms with E-state index >= 15 is 0 Å². The molecule has 4 nitrogen and oxygen atoms in total. The number of nitrogen functional groups attached to an aromatic ring is 1. The molecule has 1 unspecified atom stereocenters. The Balaban J connectivity index is 1.85. The third kappa shape index (κ3) is 4.43. The van der Waals surface area contributed by atoms with Crippen molar-refractivity contribution in [3.8, 4) is 0 Å². The molecule has 0 bridgehead atoms. The number of nitrogens with two attached hydrogens (primary N) is 1. The van der Waals surface area contributed by atoms with Crippen LogP contribution in [0.4, 0.5) is 15.8 Å². The molecule has 1 atom stereocenters. The lowest BCUT2D eigenvalue weighted by molar-refractivity contribution is -0.116. The van der Waals surface area contributed by atoms with Crippen LogP contribution < -0.4 is 11.1 Å². The van der Waals surface area contributed by atoms with E-state index in [1.54, 1.807) is 0 Å². The highest BCUT2D eigenvalue weighted by Crippen LogP contribution is 2.20. The Morgan fingerprint density at radius 2 is 2.29 bits per heavy atom. The molecule has 3 N–H and O–H groups in total. The number of likely N-dealkylation sites (tertiary alicyclic amines) is 1. The van der Waals surface area contributed by atoms with Crippen LogP contribution in [-0.2, 0) is 4.79 Å². The van der Waals surface area contributed by atoms with E-state index in [-0.39, 0.29) is 11.6 Å². The molecule has 1 amide bonds. The van der Waals surface area contributed by atoms with Crippen LogP contribution in [0.15, 0.2) is 18.2 Å². The number of anilines is 2. The summed E-state index contributed by atoms with van der Waals surface area (Å²) in [6, 6.07) is 4.77. The largest absolute Gasteiger partial charge is 0.399 e. The van der Waals surface area contributed by atoms with E-state index < -0.39 is 5.82 Å². The van der Waals surface area contributed by atoms with Crippen LogP contribution in [-0.4, -0.2) is 29.9 Å². The predicted octanol–water partition coefficient (Wildman–Crippen LogP) is 3.00. The quantitative estimate of drug-likeness (QED) is 0.821. The number of hydrogen-bond donors (Lipinski definition) is 2. The Labute approximate surface area is 125 Å². The number of nitrogens with zero attached hydrogens (tertiary/aromatic N) is 1. The molecule has 0 aromatic heterocycles. The smallest absolute Gasteiger partial charge is 0.225 e. The maximum Gasteiger partial charge on any atom is 0.225 e. The van der Waals surface area contributed by atoms with Gasteiger partial charge in [-0.15, -0.1) is 0 Å². The predicted molar refractivity (Wildman–Crippen MR) is 83.6 cm³/mol. The van der Waals surface area contributed by atoms with Gasteiger partial charge in [-0.1, -0.05) is 13.3 Å². The monoisotopic (exact) mass is 293 g/mol. The minimum atomic E-state index is -0.457. The highest BCUT2D eigenvalue weighted by molar-refractivity contribution is 5.91. The number of amides is 1. The standard InChI is InChI=1S/C16H24FN3O/c1-2-13-5-3-4-9-20(13)10-8-16(21)19-15-11-12(18)6-7-14(15)17/h6-7,11,13H,2-5,8-10,18H2,1H3,(H,19,21). The van der Waals surface area contributed by atoms with Crippen molar-refractivity contribution in [2.75, 3.05) is 24.1 Å². The third-order valence-corrected chi connectivity index (χ3v) is 4.11. The van der Waals surface area contributed by atoms with Crippen molar-refractivity contribution >= 4 is 17.3 Å². The van der Waals surface area contributed by atoms with Crippen molar-refractivity contribution in [3.63, 3.8) is 0 Å². The first kappa shape index (κ1) is 15.8. The van der Waals surface area contributed by atoms with Gasteiger partial charge in [0.15, 0.2) is 0 Å². The molecule has 1 saturated heterocycles. The molecule has 1 aromatic carbocycles. The first-order valence-corrected chi connectivity index (χ1v) is 7.69. The molecular weight excluding hydrogens is 269 g/mol. The lowest BCUT2D eigenvalue weighted by atomic mass is 10.00. The van der Waals surface area contributed by atoms with Crippen LogP contribution in [0.3, 0.4) is 0 Å². The molecule has 1 aliphatic heterocycles. The average molecular weight is 293 g/mol. The van der Waals surface area contributed by atoms with Crippen molar-refractivity contribution in [2.24, 2.45) is 0 Å². The first-order valence-electron chi connectivity index (χ1n) is 7.69. The van der Waals surface area contributed by atoms with Crippen LogP contribution in [0.2, 0.25) is 0 Å². The molecule has 116 valence electrons. The molecule has 1 aliphatic rings. The second kappa shape index (κ2) is 7.41. The van der Waals surface area contributed by atoms with E-state index in [2.05, 4.69) is 17.1 Å². The molecular formula is C16H24FN3O. The number of carbonyl (C=O) groups is 1. The number of piperidine rings is 1. The van der Waals surface area contributed by atoms with Crippen molar-refractivity contribution in [1.82, 2.24) is 4.90 Å². The first-order chi connectivity index (χ1) is 10.1. The zero-order chi connectivity index (χ0) is 15.2. The number of nitrogens with one attached hydrogen (secondary N) is 1. The van der Waals surface area contributed by atoms with E-state index in [1.165, 1.54) is 37.5 Å². The molecule has 1 heterocycles. The summed E-state index contributed by atoms with van der Waals surface area (Å²) in [4.78, 5) is 14.3. The van der Waals surface area contributed by atoms with Crippen LogP contribution in [0, 0.1) is 5.82 Å². The number of benzene rings is 1.